The lowest BCUT2D eigenvalue weighted by Gasteiger charge is -2.14. The van der Waals surface area contributed by atoms with E-state index in [9.17, 15) is 9.18 Å². The largest absolute Gasteiger partial charge is 0.343 e. The summed E-state index contributed by atoms with van der Waals surface area (Å²) < 4.78 is 11.7. The van der Waals surface area contributed by atoms with E-state index in [2.05, 4.69) is 5.32 Å². The summed E-state index contributed by atoms with van der Waals surface area (Å²) in [5, 5.41) is 3.05. The van der Waals surface area contributed by atoms with Crippen LogP contribution in [0.2, 0.25) is 0 Å². The monoisotopic (exact) mass is 202 g/mol. The molecule has 0 aromatic heterocycles. The highest BCUT2D eigenvalue weighted by Gasteiger charge is 2.16. The predicted octanol–water partition coefficient (Wildman–Crippen LogP) is 0.948. The molecule has 1 saturated heterocycles. The predicted molar refractivity (Wildman–Crippen MR) is 53.9 cm³/mol. The first-order valence-corrected chi connectivity index (χ1v) is 5.39. The molecule has 1 amide bonds. The van der Waals surface area contributed by atoms with Crippen molar-refractivity contribution in [1.29, 1.82) is 0 Å². The molecule has 0 radical (unpaired) electrons. The van der Waals surface area contributed by atoms with Crippen molar-refractivity contribution in [3.05, 3.63) is 0 Å². The molecule has 14 heavy (non-hydrogen) atoms. The van der Waals surface area contributed by atoms with Crippen LogP contribution in [0.1, 0.15) is 25.7 Å². The Kier molecular flexibility index (Phi) is 5.52. The van der Waals surface area contributed by atoms with Crippen molar-refractivity contribution in [3.8, 4) is 0 Å². The number of likely N-dealkylation sites (tertiary alicyclic amines) is 1. The summed E-state index contributed by atoms with van der Waals surface area (Å²) in [6, 6.07) is 0. The molecule has 1 rings (SSSR count). The van der Waals surface area contributed by atoms with E-state index >= 15 is 0 Å². The fourth-order valence-electron chi connectivity index (χ4n) is 1.64. The molecule has 0 atom stereocenters. The molecule has 1 aliphatic rings. The minimum Gasteiger partial charge on any atom is -0.343 e. The van der Waals surface area contributed by atoms with E-state index < -0.39 is 0 Å². The minimum atomic E-state index is -0.285. The first-order chi connectivity index (χ1) is 6.84. The number of nitrogens with one attached hydrogen (secondary N) is 1. The number of hydrogen-bond donors (Lipinski definition) is 1. The maximum absolute atomic E-state index is 11.7. The third-order valence-corrected chi connectivity index (χ3v) is 2.46. The van der Waals surface area contributed by atoms with Gasteiger partial charge in [0.15, 0.2) is 0 Å². The zero-order valence-electron chi connectivity index (χ0n) is 8.60. The molecule has 4 heteroatoms. The van der Waals surface area contributed by atoms with Crippen LogP contribution in [0.4, 0.5) is 4.39 Å². The standard InChI is InChI=1S/C10H19FN2O/c11-5-3-6-12-7-4-10(14)13-8-1-2-9-13/h12H,1-9H2. The third kappa shape index (κ3) is 4.05. The van der Waals surface area contributed by atoms with Gasteiger partial charge in [0.25, 0.3) is 0 Å². The van der Waals surface area contributed by atoms with Crippen LogP contribution in [-0.4, -0.2) is 43.7 Å². The van der Waals surface area contributed by atoms with Gasteiger partial charge >= 0.3 is 0 Å². The van der Waals surface area contributed by atoms with E-state index in [0.717, 1.165) is 25.9 Å². The van der Waals surface area contributed by atoms with Crippen LogP contribution in [0.15, 0.2) is 0 Å². The summed E-state index contributed by atoms with van der Waals surface area (Å²) >= 11 is 0. The van der Waals surface area contributed by atoms with Crippen molar-refractivity contribution < 1.29 is 9.18 Å². The number of carbonyl (C=O) groups excluding carboxylic acids is 1. The molecule has 1 fully saturated rings. The van der Waals surface area contributed by atoms with Crippen molar-refractivity contribution >= 4 is 5.91 Å². The van der Waals surface area contributed by atoms with E-state index in [-0.39, 0.29) is 12.6 Å². The molecule has 0 spiro atoms. The molecule has 0 saturated carbocycles. The molecule has 1 aliphatic heterocycles. The molecule has 1 heterocycles. The highest BCUT2D eigenvalue weighted by atomic mass is 19.1. The van der Waals surface area contributed by atoms with Gasteiger partial charge in [-0.2, -0.15) is 0 Å². The van der Waals surface area contributed by atoms with Gasteiger partial charge in [0.1, 0.15) is 0 Å². The lowest BCUT2D eigenvalue weighted by molar-refractivity contribution is -0.130. The number of alkyl halides is 1. The van der Waals surface area contributed by atoms with Crippen LogP contribution < -0.4 is 5.32 Å². The maximum Gasteiger partial charge on any atom is 0.223 e. The first-order valence-electron chi connectivity index (χ1n) is 5.39. The van der Waals surface area contributed by atoms with Crippen LogP contribution >= 0.6 is 0 Å². The van der Waals surface area contributed by atoms with Gasteiger partial charge in [0.05, 0.1) is 6.67 Å². The Morgan fingerprint density at radius 1 is 1.29 bits per heavy atom. The summed E-state index contributed by atoms with van der Waals surface area (Å²) in [7, 11) is 0. The topological polar surface area (TPSA) is 32.3 Å². The van der Waals surface area contributed by atoms with Crippen LogP contribution in [-0.2, 0) is 4.79 Å². The summed E-state index contributed by atoms with van der Waals surface area (Å²) in [4.78, 5) is 13.4. The van der Waals surface area contributed by atoms with Crippen LogP contribution in [0.5, 0.6) is 0 Å². The highest BCUT2D eigenvalue weighted by molar-refractivity contribution is 5.76. The molecule has 82 valence electrons. The van der Waals surface area contributed by atoms with Gasteiger partial charge in [-0.25, -0.2) is 0 Å². The summed E-state index contributed by atoms with van der Waals surface area (Å²) in [5.74, 6) is 0.232. The van der Waals surface area contributed by atoms with Crippen molar-refractivity contribution in [2.24, 2.45) is 0 Å². The Balaban J connectivity index is 1.97. The highest BCUT2D eigenvalue weighted by Crippen LogP contribution is 2.08. The number of nitrogens with zero attached hydrogens (tertiary/aromatic N) is 1. The molecule has 0 aromatic carbocycles. The van der Waals surface area contributed by atoms with E-state index in [1.807, 2.05) is 4.90 Å². The average Bonchev–Trinajstić information content (AvgIpc) is 2.70. The summed E-state index contributed by atoms with van der Waals surface area (Å²) in [6.45, 7) is 2.90. The van der Waals surface area contributed by atoms with Crippen molar-refractivity contribution in [2.75, 3.05) is 32.9 Å². The molecule has 0 aliphatic carbocycles. The number of halogens is 1. The summed E-state index contributed by atoms with van der Waals surface area (Å²) in [5.41, 5.74) is 0. The minimum absolute atomic E-state index is 0.232. The molecular weight excluding hydrogens is 183 g/mol. The molecular formula is C10H19FN2O. The molecule has 3 nitrogen and oxygen atoms in total. The lowest BCUT2D eigenvalue weighted by atomic mass is 10.3. The number of amides is 1. The fraction of sp³-hybridized carbons (Fsp3) is 0.900. The van der Waals surface area contributed by atoms with Gasteiger partial charge in [0, 0.05) is 26.1 Å². The number of hydrogen-bond acceptors (Lipinski definition) is 2. The van der Waals surface area contributed by atoms with Gasteiger partial charge in [-0.1, -0.05) is 0 Å². The Morgan fingerprint density at radius 2 is 2.00 bits per heavy atom. The SMILES string of the molecule is O=C(CCNCCCF)N1CCCC1. The quantitative estimate of drug-likeness (QED) is 0.650. The normalized spacial score (nSPS) is 16.2. The fourth-order valence-corrected chi connectivity index (χ4v) is 1.64. The second-order valence-corrected chi connectivity index (χ2v) is 3.63. The Labute approximate surface area is 84.7 Å². The third-order valence-electron chi connectivity index (χ3n) is 2.46. The van der Waals surface area contributed by atoms with Gasteiger partial charge in [-0.05, 0) is 25.8 Å². The smallest absolute Gasteiger partial charge is 0.223 e. The zero-order valence-corrected chi connectivity index (χ0v) is 8.60. The molecule has 0 bridgehead atoms. The van der Waals surface area contributed by atoms with E-state index in [0.29, 0.717) is 25.9 Å². The van der Waals surface area contributed by atoms with Crippen LogP contribution in [0, 0.1) is 0 Å². The molecule has 1 N–H and O–H groups in total. The van der Waals surface area contributed by atoms with Gasteiger partial charge in [0.2, 0.25) is 5.91 Å². The maximum atomic E-state index is 11.7. The van der Waals surface area contributed by atoms with E-state index in [1.165, 1.54) is 0 Å². The summed E-state index contributed by atoms with van der Waals surface area (Å²) in [6.07, 6.45) is 3.37. The van der Waals surface area contributed by atoms with Crippen molar-refractivity contribution in [2.45, 2.75) is 25.7 Å². The van der Waals surface area contributed by atoms with E-state index in [1.54, 1.807) is 0 Å². The number of rotatable bonds is 6. The lowest BCUT2D eigenvalue weighted by Crippen LogP contribution is -2.30. The van der Waals surface area contributed by atoms with E-state index in [4.69, 9.17) is 0 Å². The Hall–Kier alpha value is -0.640. The average molecular weight is 202 g/mol. The molecule has 0 aromatic rings. The first kappa shape index (κ1) is 11.4. The Morgan fingerprint density at radius 3 is 2.64 bits per heavy atom. The van der Waals surface area contributed by atoms with Crippen molar-refractivity contribution in [1.82, 2.24) is 10.2 Å². The second kappa shape index (κ2) is 6.76. The van der Waals surface area contributed by atoms with Gasteiger partial charge in [-0.3, -0.25) is 9.18 Å². The second-order valence-electron chi connectivity index (χ2n) is 3.63. The Bertz CT molecular complexity index is 170. The van der Waals surface area contributed by atoms with Crippen LogP contribution in [0.3, 0.4) is 0 Å². The number of carbonyl (C=O) groups is 1. The zero-order chi connectivity index (χ0) is 10.2. The molecule has 0 unspecified atom stereocenters. The van der Waals surface area contributed by atoms with Gasteiger partial charge in [-0.15, -0.1) is 0 Å². The van der Waals surface area contributed by atoms with Crippen LogP contribution in [0.25, 0.3) is 0 Å². The van der Waals surface area contributed by atoms with Gasteiger partial charge < -0.3 is 10.2 Å². The van der Waals surface area contributed by atoms with Crippen molar-refractivity contribution in [3.63, 3.8) is 0 Å².